The van der Waals surface area contributed by atoms with E-state index in [1.165, 1.54) is 10.9 Å². The number of aromatic nitrogens is 1. The Morgan fingerprint density at radius 1 is 1.10 bits per heavy atom. The monoisotopic (exact) mass is 433 g/mol. The predicted molar refractivity (Wildman–Crippen MR) is 107 cm³/mol. The van der Waals surface area contributed by atoms with Gasteiger partial charge in [-0.05, 0) is 42.5 Å². The Hall–Kier alpha value is -2.81. The largest absolute Gasteiger partial charge is 0.416 e. The molecule has 5 rings (SSSR count). The van der Waals surface area contributed by atoms with Crippen molar-refractivity contribution < 1.29 is 22.5 Å². The van der Waals surface area contributed by atoms with Crippen molar-refractivity contribution in [3.63, 3.8) is 0 Å². The number of hydrogen-bond donors (Lipinski definition) is 0. The third-order valence-electron chi connectivity index (χ3n) is 5.69. The number of piperazine rings is 1. The van der Waals surface area contributed by atoms with Crippen LogP contribution in [0.4, 0.5) is 18.9 Å². The molecule has 1 saturated heterocycles. The summed E-state index contributed by atoms with van der Waals surface area (Å²) in [6.07, 6.45) is -2.79. The second-order valence-corrected chi connectivity index (χ2v) is 8.42. The van der Waals surface area contributed by atoms with Crippen LogP contribution in [0.3, 0.4) is 0 Å². The average molecular weight is 433 g/mol. The summed E-state index contributed by atoms with van der Waals surface area (Å²) in [5.74, 6) is 0.505. The maximum atomic E-state index is 13.1. The molecule has 0 radical (unpaired) electrons. The highest BCUT2D eigenvalue weighted by atomic mass is 32.1. The van der Waals surface area contributed by atoms with Crippen molar-refractivity contribution in [2.24, 2.45) is 0 Å². The molecule has 0 unspecified atom stereocenters. The normalized spacial score (nSPS) is 16.4. The molecule has 3 aromatic rings. The zero-order valence-electron chi connectivity index (χ0n) is 15.9. The molecule has 1 aromatic carbocycles. The van der Waals surface area contributed by atoms with Crippen molar-refractivity contribution in [2.75, 3.05) is 31.1 Å². The molecule has 0 bridgehead atoms. The van der Waals surface area contributed by atoms with E-state index in [-0.39, 0.29) is 5.91 Å². The van der Waals surface area contributed by atoms with Crippen molar-refractivity contribution in [1.82, 2.24) is 10.1 Å². The molecule has 3 heterocycles. The third-order valence-corrected chi connectivity index (χ3v) is 6.67. The topological polar surface area (TPSA) is 49.6 Å². The predicted octanol–water partition coefficient (Wildman–Crippen LogP) is 4.48. The van der Waals surface area contributed by atoms with Crippen molar-refractivity contribution in [3.8, 4) is 11.3 Å². The lowest BCUT2D eigenvalue weighted by molar-refractivity contribution is -0.137. The first-order valence-electron chi connectivity index (χ1n) is 9.68. The van der Waals surface area contributed by atoms with E-state index in [4.69, 9.17) is 4.52 Å². The number of carbonyl (C=O) groups excluding carboxylic acids is 1. The number of hydrogen-bond acceptors (Lipinski definition) is 5. The molecule has 2 aromatic heterocycles. The first-order valence-corrected chi connectivity index (χ1v) is 10.6. The van der Waals surface area contributed by atoms with Gasteiger partial charge in [-0.15, -0.1) is 11.3 Å². The lowest BCUT2D eigenvalue weighted by atomic mass is 9.95. The Balaban J connectivity index is 1.30. The van der Waals surface area contributed by atoms with Crippen LogP contribution >= 0.6 is 11.3 Å². The lowest BCUT2D eigenvalue weighted by Gasteiger charge is -2.36. The van der Waals surface area contributed by atoms with Gasteiger partial charge in [-0.25, -0.2) is 0 Å². The molecule has 5 nitrogen and oxygen atoms in total. The van der Waals surface area contributed by atoms with Crippen LogP contribution in [0, 0.1) is 0 Å². The standard InChI is InChI=1S/C21H18F3N3O2S/c22-21(23,24)13-2-1-3-14(12-13)26-7-9-27(10-8-26)20(28)18-16-4-5-17-15(6-11-30-17)19(16)29-25-18/h1-3,6,11-12H,4-5,7-10H2. The van der Waals surface area contributed by atoms with Gasteiger partial charge in [0.2, 0.25) is 0 Å². The Morgan fingerprint density at radius 2 is 1.90 bits per heavy atom. The van der Waals surface area contributed by atoms with Gasteiger partial charge in [0, 0.05) is 47.9 Å². The Kier molecular flexibility index (Phi) is 4.57. The number of amides is 1. The number of fused-ring (bicyclic) bond motifs is 3. The van der Waals surface area contributed by atoms with Crippen LogP contribution in [-0.2, 0) is 19.0 Å². The molecule has 0 spiro atoms. The molecular weight excluding hydrogens is 415 g/mol. The van der Waals surface area contributed by atoms with Crippen LogP contribution in [0.1, 0.15) is 26.5 Å². The van der Waals surface area contributed by atoms with Crippen LogP contribution in [0.25, 0.3) is 11.3 Å². The van der Waals surface area contributed by atoms with E-state index in [1.54, 1.807) is 22.3 Å². The highest BCUT2D eigenvalue weighted by Gasteiger charge is 2.33. The molecule has 30 heavy (non-hydrogen) atoms. The van der Waals surface area contributed by atoms with Gasteiger partial charge in [-0.1, -0.05) is 11.2 Å². The fourth-order valence-corrected chi connectivity index (χ4v) is 4.97. The molecular formula is C21H18F3N3O2S. The second kappa shape index (κ2) is 7.16. The summed E-state index contributed by atoms with van der Waals surface area (Å²) in [6, 6.07) is 7.29. The minimum atomic E-state index is -4.37. The van der Waals surface area contributed by atoms with Gasteiger partial charge in [0.15, 0.2) is 11.5 Å². The van der Waals surface area contributed by atoms with Crippen LogP contribution in [0.5, 0.6) is 0 Å². The molecule has 1 amide bonds. The van der Waals surface area contributed by atoms with Crippen LogP contribution in [0.15, 0.2) is 40.2 Å². The Bertz CT molecular complexity index is 1100. The number of benzene rings is 1. The van der Waals surface area contributed by atoms with Crippen molar-refractivity contribution in [3.05, 3.63) is 57.4 Å². The van der Waals surface area contributed by atoms with Crippen LogP contribution in [0.2, 0.25) is 0 Å². The Labute approximate surface area is 174 Å². The zero-order chi connectivity index (χ0) is 20.9. The van der Waals surface area contributed by atoms with E-state index in [2.05, 4.69) is 5.16 Å². The fraction of sp³-hybridized carbons (Fsp3) is 0.333. The number of aryl methyl sites for hydroxylation is 1. The number of rotatable bonds is 2. The smallest absolute Gasteiger partial charge is 0.368 e. The fourth-order valence-electron chi connectivity index (χ4n) is 4.09. The highest BCUT2D eigenvalue weighted by Crippen LogP contribution is 2.38. The van der Waals surface area contributed by atoms with Gasteiger partial charge < -0.3 is 14.3 Å². The first-order chi connectivity index (χ1) is 14.4. The number of thiophene rings is 1. The van der Waals surface area contributed by atoms with Crippen LogP contribution < -0.4 is 4.90 Å². The van der Waals surface area contributed by atoms with Gasteiger partial charge in [-0.3, -0.25) is 4.79 Å². The minimum Gasteiger partial charge on any atom is -0.368 e. The van der Waals surface area contributed by atoms with E-state index < -0.39 is 11.7 Å². The molecule has 1 aliphatic carbocycles. The van der Waals surface area contributed by atoms with Gasteiger partial charge in [0.1, 0.15) is 0 Å². The van der Waals surface area contributed by atoms with Gasteiger partial charge in [0.25, 0.3) is 5.91 Å². The second-order valence-electron chi connectivity index (χ2n) is 7.42. The number of carbonyl (C=O) groups is 1. The summed E-state index contributed by atoms with van der Waals surface area (Å²) in [5.41, 5.74) is 2.07. The molecule has 0 saturated carbocycles. The molecule has 9 heteroatoms. The molecule has 1 fully saturated rings. The van der Waals surface area contributed by atoms with Crippen molar-refractivity contribution >= 4 is 22.9 Å². The quantitative estimate of drug-likeness (QED) is 0.598. The van der Waals surface area contributed by atoms with Crippen molar-refractivity contribution in [2.45, 2.75) is 19.0 Å². The minimum absolute atomic E-state index is 0.178. The van der Waals surface area contributed by atoms with E-state index in [0.717, 1.165) is 36.1 Å². The lowest BCUT2D eigenvalue weighted by Crippen LogP contribution is -2.49. The van der Waals surface area contributed by atoms with E-state index in [1.807, 2.05) is 16.3 Å². The molecule has 2 aliphatic rings. The van der Waals surface area contributed by atoms with Crippen LogP contribution in [-0.4, -0.2) is 42.1 Å². The third kappa shape index (κ3) is 3.27. The first kappa shape index (κ1) is 19.2. The molecule has 0 N–H and O–H groups in total. The maximum absolute atomic E-state index is 13.1. The van der Waals surface area contributed by atoms with Gasteiger partial charge in [-0.2, -0.15) is 13.2 Å². The van der Waals surface area contributed by atoms with Gasteiger partial charge >= 0.3 is 6.18 Å². The number of anilines is 1. The van der Waals surface area contributed by atoms with E-state index in [9.17, 15) is 18.0 Å². The Morgan fingerprint density at radius 3 is 2.67 bits per heavy atom. The average Bonchev–Trinajstić information content (AvgIpc) is 3.39. The molecule has 0 atom stereocenters. The summed E-state index contributed by atoms with van der Waals surface area (Å²) >= 11 is 1.68. The number of halogens is 3. The summed E-state index contributed by atoms with van der Waals surface area (Å²) in [4.78, 5) is 17.9. The van der Waals surface area contributed by atoms with E-state index in [0.29, 0.717) is 43.3 Å². The summed E-state index contributed by atoms with van der Waals surface area (Å²) in [7, 11) is 0. The molecule has 1 aliphatic heterocycles. The summed E-state index contributed by atoms with van der Waals surface area (Å²) in [5, 5.41) is 6.08. The maximum Gasteiger partial charge on any atom is 0.416 e. The zero-order valence-corrected chi connectivity index (χ0v) is 16.7. The summed E-state index contributed by atoms with van der Waals surface area (Å²) in [6.45, 7) is 1.75. The number of nitrogens with zero attached hydrogens (tertiary/aromatic N) is 3. The van der Waals surface area contributed by atoms with E-state index >= 15 is 0 Å². The SMILES string of the molecule is O=C(c1noc2c1CCc1sccc1-2)N1CCN(c2cccc(C(F)(F)F)c2)CC1. The number of alkyl halides is 3. The highest BCUT2D eigenvalue weighted by molar-refractivity contribution is 7.10. The molecule has 156 valence electrons. The van der Waals surface area contributed by atoms with Gasteiger partial charge in [0.05, 0.1) is 5.56 Å². The van der Waals surface area contributed by atoms with Crippen molar-refractivity contribution in [1.29, 1.82) is 0 Å². The summed E-state index contributed by atoms with van der Waals surface area (Å²) < 4.78 is 44.5.